The van der Waals surface area contributed by atoms with E-state index in [4.69, 9.17) is 15.7 Å². The van der Waals surface area contributed by atoms with Crippen LogP contribution < -0.4 is 15.8 Å². The van der Waals surface area contributed by atoms with E-state index in [1.165, 1.54) is 10.2 Å². The van der Waals surface area contributed by atoms with Crippen molar-refractivity contribution in [2.75, 3.05) is 51.4 Å². The van der Waals surface area contributed by atoms with E-state index in [0.29, 0.717) is 11.5 Å². The molecule has 0 spiro atoms. The Morgan fingerprint density at radius 3 is 2.55 bits per heavy atom. The normalized spacial score (nSPS) is 14.9. The summed E-state index contributed by atoms with van der Waals surface area (Å²) in [5.74, 6) is 1.34. The molecule has 9 heteroatoms. The minimum absolute atomic E-state index is 0.248. The molecule has 0 saturated carbocycles. The summed E-state index contributed by atoms with van der Waals surface area (Å²) in [4.78, 5) is 9.10. The fourth-order valence-corrected chi connectivity index (χ4v) is 3.57. The molecule has 0 aliphatic carbocycles. The summed E-state index contributed by atoms with van der Waals surface area (Å²) in [6.45, 7) is 5.20. The van der Waals surface area contributed by atoms with Gasteiger partial charge in [0.05, 0.1) is 30.1 Å². The Bertz CT molecular complexity index is 1080. The lowest BCUT2D eigenvalue weighted by Gasteiger charge is -2.32. The number of likely N-dealkylation sites (N-methyl/N-ethyl adjacent to an activating group) is 1. The molecule has 1 aliphatic heterocycles. The maximum Gasteiger partial charge on any atom is 0.248 e. The molecule has 1 aromatic heterocycles. The number of nitrogens with two attached hydrogens (primary N) is 1. The first-order valence-corrected chi connectivity index (χ1v) is 10.1. The third-order valence-electron chi connectivity index (χ3n) is 5.39. The van der Waals surface area contributed by atoms with Crippen molar-refractivity contribution in [3.8, 4) is 17.5 Å². The van der Waals surface area contributed by atoms with E-state index in [0.717, 1.165) is 49.8 Å². The Hall–Kier alpha value is -3.61. The number of anilines is 3. The number of nitrogens with zero attached hydrogens (tertiary/aromatic N) is 6. The topological polar surface area (TPSA) is 108 Å². The number of benzene rings is 2. The number of rotatable bonds is 6. The van der Waals surface area contributed by atoms with E-state index in [1.54, 1.807) is 31.4 Å². The van der Waals surface area contributed by atoms with Gasteiger partial charge in [-0.3, -0.25) is 4.90 Å². The van der Waals surface area contributed by atoms with E-state index < -0.39 is 0 Å². The van der Waals surface area contributed by atoms with Crippen LogP contribution in [0.3, 0.4) is 0 Å². The van der Waals surface area contributed by atoms with Gasteiger partial charge in [0, 0.05) is 32.7 Å². The molecule has 31 heavy (non-hydrogen) atoms. The Balaban J connectivity index is 1.49. The van der Waals surface area contributed by atoms with Crippen molar-refractivity contribution < 1.29 is 4.74 Å². The van der Waals surface area contributed by atoms with Crippen molar-refractivity contribution >= 4 is 17.6 Å². The molecule has 0 unspecified atom stereocenters. The zero-order valence-corrected chi connectivity index (χ0v) is 17.7. The predicted molar refractivity (Wildman–Crippen MR) is 120 cm³/mol. The van der Waals surface area contributed by atoms with Gasteiger partial charge in [-0.15, -0.1) is 5.10 Å². The molecule has 1 saturated heterocycles. The SMILES string of the molecule is COc1cc(CN2CCN(C)CC2)ccc1Nc1nc(N)n(-c2ccc(C#N)cc2)n1. The summed E-state index contributed by atoms with van der Waals surface area (Å²) >= 11 is 0. The highest BCUT2D eigenvalue weighted by atomic mass is 16.5. The largest absolute Gasteiger partial charge is 0.495 e. The number of hydrogen-bond acceptors (Lipinski definition) is 8. The molecule has 3 N–H and O–H groups in total. The lowest BCUT2D eigenvalue weighted by Crippen LogP contribution is -2.43. The number of nitriles is 1. The zero-order chi connectivity index (χ0) is 21.8. The van der Waals surface area contributed by atoms with Gasteiger partial charge in [0.2, 0.25) is 11.9 Å². The molecule has 9 nitrogen and oxygen atoms in total. The third kappa shape index (κ3) is 4.77. The van der Waals surface area contributed by atoms with E-state index in [1.807, 2.05) is 12.1 Å². The molecule has 0 amide bonds. The maximum atomic E-state index is 8.96. The van der Waals surface area contributed by atoms with Gasteiger partial charge < -0.3 is 20.7 Å². The molecule has 1 fully saturated rings. The summed E-state index contributed by atoms with van der Waals surface area (Å²) < 4.78 is 7.12. The minimum atomic E-state index is 0.248. The third-order valence-corrected chi connectivity index (χ3v) is 5.39. The Morgan fingerprint density at radius 2 is 1.87 bits per heavy atom. The van der Waals surface area contributed by atoms with Gasteiger partial charge >= 0.3 is 0 Å². The van der Waals surface area contributed by atoms with Crippen LogP contribution >= 0.6 is 0 Å². The number of nitrogens with one attached hydrogen (secondary N) is 1. The summed E-state index contributed by atoms with van der Waals surface area (Å²) in [5, 5.41) is 16.6. The molecule has 2 aromatic carbocycles. The number of ether oxygens (including phenoxy) is 1. The lowest BCUT2D eigenvalue weighted by molar-refractivity contribution is 0.148. The Labute approximate surface area is 181 Å². The second kappa shape index (κ2) is 9.04. The van der Waals surface area contributed by atoms with Crippen molar-refractivity contribution in [2.45, 2.75) is 6.54 Å². The first-order chi connectivity index (χ1) is 15.1. The first-order valence-electron chi connectivity index (χ1n) is 10.1. The quantitative estimate of drug-likeness (QED) is 0.627. The fourth-order valence-electron chi connectivity index (χ4n) is 3.57. The zero-order valence-electron chi connectivity index (χ0n) is 17.7. The van der Waals surface area contributed by atoms with Crippen LogP contribution in [-0.4, -0.2) is 64.9 Å². The van der Waals surface area contributed by atoms with Crippen LogP contribution in [0.15, 0.2) is 42.5 Å². The van der Waals surface area contributed by atoms with Crippen LogP contribution in [-0.2, 0) is 6.54 Å². The van der Waals surface area contributed by atoms with Crippen LogP contribution in [0.2, 0.25) is 0 Å². The first kappa shape index (κ1) is 20.7. The van der Waals surface area contributed by atoms with Crippen LogP contribution in [0.1, 0.15) is 11.1 Å². The highest BCUT2D eigenvalue weighted by Gasteiger charge is 2.16. The maximum absolute atomic E-state index is 8.96. The number of aromatic nitrogens is 3. The van der Waals surface area contributed by atoms with Crippen molar-refractivity contribution in [1.29, 1.82) is 5.26 Å². The van der Waals surface area contributed by atoms with E-state index >= 15 is 0 Å². The van der Waals surface area contributed by atoms with Crippen molar-refractivity contribution in [2.24, 2.45) is 0 Å². The lowest BCUT2D eigenvalue weighted by atomic mass is 10.1. The van der Waals surface area contributed by atoms with Gasteiger partial charge in [-0.05, 0) is 49.0 Å². The highest BCUT2D eigenvalue weighted by molar-refractivity contribution is 5.64. The standard InChI is InChI=1S/C22H26N8O/c1-28-9-11-29(12-10-28)15-17-5-8-19(20(13-17)31-2)25-22-26-21(24)30(27-22)18-6-3-16(14-23)4-7-18/h3-8,13H,9-12,15H2,1-2H3,(H3,24,25,26,27). The minimum Gasteiger partial charge on any atom is -0.495 e. The molecule has 160 valence electrons. The van der Waals surface area contributed by atoms with Crippen molar-refractivity contribution in [1.82, 2.24) is 24.6 Å². The van der Waals surface area contributed by atoms with Crippen LogP contribution in [0.5, 0.6) is 5.75 Å². The highest BCUT2D eigenvalue weighted by Crippen LogP contribution is 2.29. The van der Waals surface area contributed by atoms with E-state index in [-0.39, 0.29) is 5.95 Å². The van der Waals surface area contributed by atoms with Gasteiger partial charge in [0.15, 0.2) is 0 Å². The summed E-state index contributed by atoms with van der Waals surface area (Å²) in [7, 11) is 3.81. The second-order valence-electron chi connectivity index (χ2n) is 7.60. The van der Waals surface area contributed by atoms with Crippen LogP contribution in [0.4, 0.5) is 17.6 Å². The summed E-state index contributed by atoms with van der Waals surface area (Å²) in [5.41, 5.74) is 9.31. The molecule has 4 rings (SSSR count). The molecule has 2 heterocycles. The van der Waals surface area contributed by atoms with Gasteiger partial charge in [-0.1, -0.05) is 6.07 Å². The molecular weight excluding hydrogens is 392 g/mol. The van der Waals surface area contributed by atoms with Gasteiger partial charge in [0.25, 0.3) is 0 Å². The monoisotopic (exact) mass is 418 g/mol. The van der Waals surface area contributed by atoms with Crippen molar-refractivity contribution in [3.63, 3.8) is 0 Å². The number of nitrogen functional groups attached to an aromatic ring is 1. The second-order valence-corrected chi connectivity index (χ2v) is 7.60. The van der Waals surface area contributed by atoms with Gasteiger partial charge in [-0.2, -0.15) is 14.9 Å². The van der Waals surface area contributed by atoms with Crippen LogP contribution in [0.25, 0.3) is 5.69 Å². The predicted octanol–water partition coefficient (Wildman–Crippen LogP) is 2.22. The molecule has 3 aromatic rings. The smallest absolute Gasteiger partial charge is 0.248 e. The van der Waals surface area contributed by atoms with Crippen LogP contribution in [0, 0.1) is 11.3 Å². The van der Waals surface area contributed by atoms with E-state index in [9.17, 15) is 0 Å². The number of hydrogen-bond donors (Lipinski definition) is 2. The average Bonchev–Trinajstić information content (AvgIpc) is 3.16. The van der Waals surface area contributed by atoms with Gasteiger partial charge in [-0.25, -0.2) is 0 Å². The molecule has 0 bridgehead atoms. The molecule has 0 atom stereocenters. The van der Waals surface area contributed by atoms with Crippen molar-refractivity contribution in [3.05, 3.63) is 53.6 Å². The molecular formula is C22H26N8O. The number of piperazine rings is 1. The molecule has 1 aliphatic rings. The summed E-state index contributed by atoms with van der Waals surface area (Å²) in [6, 6.07) is 15.2. The summed E-state index contributed by atoms with van der Waals surface area (Å²) in [6.07, 6.45) is 0. The Kier molecular flexibility index (Phi) is 6.02. The average molecular weight is 419 g/mol. The molecule has 0 radical (unpaired) electrons. The van der Waals surface area contributed by atoms with E-state index in [2.05, 4.69) is 44.4 Å². The Morgan fingerprint density at radius 1 is 1.13 bits per heavy atom. The fraction of sp³-hybridized carbons (Fsp3) is 0.318. The van der Waals surface area contributed by atoms with Gasteiger partial charge in [0.1, 0.15) is 5.75 Å². The number of methoxy groups -OCH3 is 1.